The number of nitrogens with one attached hydrogen (secondary N) is 1. The lowest BCUT2D eigenvalue weighted by atomic mass is 10.1. The van der Waals surface area contributed by atoms with Crippen molar-refractivity contribution < 1.29 is 9.90 Å². The Labute approximate surface area is 78.9 Å². The maximum atomic E-state index is 11.6. The summed E-state index contributed by atoms with van der Waals surface area (Å²) >= 11 is 0. The van der Waals surface area contributed by atoms with Gasteiger partial charge in [-0.25, -0.2) is 0 Å². The lowest BCUT2D eigenvalue weighted by molar-refractivity contribution is -0.132. The Hall–Kier alpha value is -0.610. The largest absolute Gasteiger partial charge is 0.391 e. The number of nitrogens with zero attached hydrogens (tertiary/aromatic N) is 1. The van der Waals surface area contributed by atoms with E-state index in [0.717, 1.165) is 0 Å². The highest BCUT2D eigenvalue weighted by molar-refractivity contribution is 5.81. The van der Waals surface area contributed by atoms with Crippen molar-refractivity contribution in [2.75, 3.05) is 20.1 Å². The van der Waals surface area contributed by atoms with Gasteiger partial charge in [0, 0.05) is 19.0 Å². The lowest BCUT2D eigenvalue weighted by Gasteiger charge is -2.19. The number of aliphatic hydroxyl groups excluding tert-OH is 1. The Balaban J connectivity index is 2.50. The smallest absolute Gasteiger partial charge is 0.239 e. The van der Waals surface area contributed by atoms with E-state index in [1.807, 2.05) is 13.8 Å². The third-order valence-corrected chi connectivity index (χ3v) is 2.69. The predicted molar refractivity (Wildman–Crippen MR) is 50.3 cm³/mol. The van der Waals surface area contributed by atoms with Crippen molar-refractivity contribution in [3.63, 3.8) is 0 Å². The molecule has 0 radical (unpaired) electrons. The van der Waals surface area contributed by atoms with Gasteiger partial charge in [-0.2, -0.15) is 0 Å². The highest BCUT2D eigenvalue weighted by Crippen LogP contribution is 2.16. The molecule has 0 aliphatic carbocycles. The molecule has 1 aliphatic heterocycles. The van der Waals surface area contributed by atoms with Crippen LogP contribution in [0.5, 0.6) is 0 Å². The Bertz CT molecular complexity index is 186. The van der Waals surface area contributed by atoms with Crippen LogP contribution < -0.4 is 5.32 Å². The van der Waals surface area contributed by atoms with Gasteiger partial charge in [-0.1, -0.05) is 6.92 Å². The van der Waals surface area contributed by atoms with Crippen LogP contribution in [0.2, 0.25) is 0 Å². The van der Waals surface area contributed by atoms with Gasteiger partial charge in [0.05, 0.1) is 12.1 Å². The van der Waals surface area contributed by atoms with Crippen LogP contribution in [0.15, 0.2) is 0 Å². The number of hydrogen-bond donors (Lipinski definition) is 2. The SMILES string of the molecule is CNC(C)C(=O)N1CC(C)C(O)C1. The molecule has 2 N–H and O–H groups in total. The van der Waals surface area contributed by atoms with Crippen molar-refractivity contribution in [1.29, 1.82) is 0 Å². The minimum absolute atomic E-state index is 0.0749. The van der Waals surface area contributed by atoms with E-state index in [2.05, 4.69) is 5.32 Å². The molecular weight excluding hydrogens is 168 g/mol. The first-order valence-electron chi connectivity index (χ1n) is 4.70. The second-order valence-corrected chi connectivity index (χ2v) is 3.80. The average molecular weight is 186 g/mol. The third kappa shape index (κ3) is 2.19. The molecule has 76 valence electrons. The Morgan fingerprint density at radius 2 is 2.23 bits per heavy atom. The van der Waals surface area contributed by atoms with Crippen LogP contribution in [0.4, 0.5) is 0 Å². The first-order valence-corrected chi connectivity index (χ1v) is 4.70. The number of aliphatic hydroxyl groups is 1. The van der Waals surface area contributed by atoms with Gasteiger partial charge in [-0.05, 0) is 14.0 Å². The minimum atomic E-state index is -0.354. The van der Waals surface area contributed by atoms with Crippen molar-refractivity contribution in [2.45, 2.75) is 26.0 Å². The fraction of sp³-hybridized carbons (Fsp3) is 0.889. The molecule has 0 aromatic rings. The lowest BCUT2D eigenvalue weighted by Crippen LogP contribution is -2.42. The number of rotatable bonds is 2. The number of hydrogen-bond acceptors (Lipinski definition) is 3. The Morgan fingerprint density at radius 1 is 1.62 bits per heavy atom. The highest BCUT2D eigenvalue weighted by atomic mass is 16.3. The molecule has 1 heterocycles. The summed E-state index contributed by atoms with van der Waals surface area (Å²) in [5.74, 6) is 0.277. The van der Waals surface area contributed by atoms with Gasteiger partial charge in [0.2, 0.25) is 5.91 Å². The van der Waals surface area contributed by atoms with Gasteiger partial charge >= 0.3 is 0 Å². The highest BCUT2D eigenvalue weighted by Gasteiger charge is 2.32. The van der Waals surface area contributed by atoms with E-state index in [9.17, 15) is 9.90 Å². The van der Waals surface area contributed by atoms with Gasteiger partial charge in [0.1, 0.15) is 0 Å². The normalized spacial score (nSPS) is 30.6. The van der Waals surface area contributed by atoms with E-state index < -0.39 is 0 Å². The Kier molecular flexibility index (Phi) is 3.27. The van der Waals surface area contributed by atoms with Gasteiger partial charge in [-0.3, -0.25) is 4.79 Å². The van der Waals surface area contributed by atoms with E-state index in [1.165, 1.54) is 0 Å². The predicted octanol–water partition coefficient (Wildman–Crippen LogP) is -0.567. The van der Waals surface area contributed by atoms with Gasteiger partial charge in [0.25, 0.3) is 0 Å². The maximum absolute atomic E-state index is 11.6. The summed E-state index contributed by atoms with van der Waals surface area (Å²) in [5, 5.41) is 12.4. The summed E-state index contributed by atoms with van der Waals surface area (Å²) in [7, 11) is 1.76. The zero-order valence-corrected chi connectivity index (χ0v) is 8.45. The van der Waals surface area contributed by atoms with E-state index in [1.54, 1.807) is 11.9 Å². The fourth-order valence-corrected chi connectivity index (χ4v) is 1.53. The standard InChI is InChI=1S/C9H18N2O2/c1-6-4-11(5-8(6)12)9(13)7(2)10-3/h6-8,10,12H,4-5H2,1-3H3. The first-order chi connectivity index (χ1) is 6.06. The van der Waals surface area contributed by atoms with E-state index in [0.29, 0.717) is 13.1 Å². The van der Waals surface area contributed by atoms with Gasteiger partial charge in [-0.15, -0.1) is 0 Å². The molecule has 1 aliphatic rings. The summed E-state index contributed by atoms with van der Waals surface area (Å²) in [6.45, 7) is 4.94. The van der Waals surface area contributed by atoms with Gasteiger partial charge in [0.15, 0.2) is 0 Å². The van der Waals surface area contributed by atoms with Crippen LogP contribution in [0.1, 0.15) is 13.8 Å². The molecule has 0 saturated carbocycles. The van der Waals surface area contributed by atoms with Crippen molar-refractivity contribution in [1.82, 2.24) is 10.2 Å². The molecule has 0 aromatic heterocycles. The zero-order valence-electron chi connectivity index (χ0n) is 8.45. The number of carbonyl (C=O) groups excluding carboxylic acids is 1. The fourth-order valence-electron chi connectivity index (χ4n) is 1.53. The zero-order chi connectivity index (χ0) is 10.0. The Morgan fingerprint density at radius 3 is 2.62 bits per heavy atom. The number of β-amino-alcohol motifs (C(OH)–C–C–N with tert-alkyl or cyclic N) is 1. The molecule has 1 fully saturated rings. The molecule has 0 spiro atoms. The van der Waals surface area contributed by atoms with Crippen LogP contribution >= 0.6 is 0 Å². The second-order valence-electron chi connectivity index (χ2n) is 3.80. The number of likely N-dealkylation sites (N-methyl/N-ethyl adjacent to an activating group) is 1. The quantitative estimate of drug-likeness (QED) is 0.607. The molecule has 1 rings (SSSR count). The molecule has 0 bridgehead atoms. The number of likely N-dealkylation sites (tertiary alicyclic amines) is 1. The number of amides is 1. The average Bonchev–Trinajstić information content (AvgIpc) is 2.44. The third-order valence-electron chi connectivity index (χ3n) is 2.69. The molecule has 13 heavy (non-hydrogen) atoms. The maximum Gasteiger partial charge on any atom is 0.239 e. The van der Waals surface area contributed by atoms with E-state index in [4.69, 9.17) is 0 Å². The number of carbonyl (C=O) groups is 1. The second kappa shape index (κ2) is 4.07. The van der Waals surface area contributed by atoms with Crippen LogP contribution in [0.3, 0.4) is 0 Å². The first kappa shape index (κ1) is 10.5. The minimum Gasteiger partial charge on any atom is -0.391 e. The van der Waals surface area contributed by atoms with Crippen LogP contribution in [-0.4, -0.2) is 48.2 Å². The van der Waals surface area contributed by atoms with Crippen molar-refractivity contribution in [2.24, 2.45) is 5.92 Å². The van der Waals surface area contributed by atoms with E-state index >= 15 is 0 Å². The summed E-state index contributed by atoms with van der Waals surface area (Å²) < 4.78 is 0. The summed E-state index contributed by atoms with van der Waals surface area (Å²) in [5.41, 5.74) is 0. The van der Waals surface area contributed by atoms with E-state index in [-0.39, 0.29) is 24.0 Å². The molecule has 3 unspecified atom stereocenters. The van der Waals surface area contributed by atoms with Crippen molar-refractivity contribution >= 4 is 5.91 Å². The molecule has 1 saturated heterocycles. The molecular formula is C9H18N2O2. The molecule has 1 amide bonds. The van der Waals surface area contributed by atoms with Crippen LogP contribution in [-0.2, 0) is 4.79 Å². The summed E-state index contributed by atoms with van der Waals surface area (Å²) in [6, 6.07) is -0.155. The van der Waals surface area contributed by atoms with Gasteiger partial charge < -0.3 is 15.3 Å². The van der Waals surface area contributed by atoms with Crippen molar-refractivity contribution in [3.8, 4) is 0 Å². The van der Waals surface area contributed by atoms with Crippen molar-refractivity contribution in [3.05, 3.63) is 0 Å². The molecule has 4 nitrogen and oxygen atoms in total. The topological polar surface area (TPSA) is 52.6 Å². The monoisotopic (exact) mass is 186 g/mol. The summed E-state index contributed by atoms with van der Waals surface area (Å²) in [4.78, 5) is 13.3. The van der Waals surface area contributed by atoms with Crippen LogP contribution in [0, 0.1) is 5.92 Å². The molecule has 3 atom stereocenters. The van der Waals surface area contributed by atoms with Crippen LogP contribution in [0.25, 0.3) is 0 Å². The molecule has 0 aromatic carbocycles. The molecule has 4 heteroatoms. The summed E-state index contributed by atoms with van der Waals surface area (Å²) in [6.07, 6.45) is -0.354.